The van der Waals surface area contributed by atoms with Gasteiger partial charge in [0, 0.05) is 14.2 Å². The van der Waals surface area contributed by atoms with Gasteiger partial charge in [-0.2, -0.15) is 0 Å². The molecule has 0 bridgehead atoms. The minimum absolute atomic E-state index is 0.00877. The lowest BCUT2D eigenvalue weighted by Crippen LogP contribution is -2.22. The molecule has 0 aliphatic carbocycles. The fourth-order valence-corrected chi connectivity index (χ4v) is 4.56. The fraction of sp³-hybridized carbons (Fsp3) is 0.167. The van der Waals surface area contributed by atoms with E-state index in [1.165, 1.54) is 12.1 Å². The third-order valence-corrected chi connectivity index (χ3v) is 6.44. The summed E-state index contributed by atoms with van der Waals surface area (Å²) in [5.41, 5.74) is 0. The first-order valence-corrected chi connectivity index (χ1v) is 8.67. The average Bonchev–Trinajstić information content (AvgIpc) is 2.46. The molecule has 0 heterocycles. The van der Waals surface area contributed by atoms with Crippen molar-refractivity contribution in [2.24, 2.45) is 0 Å². The molecule has 0 unspecified atom stereocenters. The van der Waals surface area contributed by atoms with E-state index < -0.39 is 17.8 Å². The number of fused-ring (bicyclic) bond motifs is 1. The molecule has 108 valence electrons. The molecular formula is C12H14NO5PS. The quantitative estimate of drug-likeness (QED) is 0.857. The Morgan fingerprint density at radius 2 is 1.60 bits per heavy atom. The highest BCUT2D eigenvalue weighted by Crippen LogP contribution is 2.43. The molecule has 0 aliphatic rings. The molecule has 0 aliphatic heterocycles. The van der Waals surface area contributed by atoms with Crippen molar-refractivity contribution >= 4 is 28.5 Å². The first kappa shape index (κ1) is 15.2. The molecule has 2 rings (SSSR count). The summed E-state index contributed by atoms with van der Waals surface area (Å²) in [4.78, 5) is -0.00877. The van der Waals surface area contributed by atoms with Crippen molar-refractivity contribution in [1.29, 1.82) is 0 Å². The molecule has 6 nitrogen and oxygen atoms in total. The predicted octanol–water partition coefficient (Wildman–Crippen LogP) is 2.52. The predicted molar refractivity (Wildman–Crippen MR) is 75.9 cm³/mol. The van der Waals surface area contributed by atoms with E-state index in [0.717, 1.165) is 25.0 Å². The first-order chi connectivity index (χ1) is 9.40. The molecule has 8 heteroatoms. The summed E-state index contributed by atoms with van der Waals surface area (Å²) in [5, 5.41) is 1.67. The number of rotatable bonds is 5. The van der Waals surface area contributed by atoms with Gasteiger partial charge in [0.25, 0.3) is 0 Å². The van der Waals surface area contributed by atoms with Crippen molar-refractivity contribution in [1.82, 2.24) is 4.49 Å². The van der Waals surface area contributed by atoms with E-state index in [-0.39, 0.29) is 4.90 Å². The highest BCUT2D eigenvalue weighted by Gasteiger charge is 2.29. The van der Waals surface area contributed by atoms with E-state index in [4.69, 9.17) is 0 Å². The van der Waals surface area contributed by atoms with Gasteiger partial charge in [0.1, 0.15) is 0 Å². The van der Waals surface area contributed by atoms with Crippen LogP contribution in [0.3, 0.4) is 0 Å². The second-order valence-corrected chi connectivity index (χ2v) is 7.90. The van der Waals surface area contributed by atoms with E-state index in [2.05, 4.69) is 9.05 Å². The van der Waals surface area contributed by atoms with Crippen LogP contribution in [0.15, 0.2) is 47.4 Å². The summed E-state index contributed by atoms with van der Waals surface area (Å²) in [7, 11) is -5.65. The lowest BCUT2D eigenvalue weighted by Gasteiger charge is -2.15. The van der Waals surface area contributed by atoms with Crippen molar-refractivity contribution < 1.29 is 22.0 Å². The summed E-state index contributed by atoms with van der Waals surface area (Å²) in [6, 6.07) is 11.9. The molecule has 0 saturated heterocycles. The Morgan fingerprint density at radius 3 is 2.20 bits per heavy atom. The number of nitrogens with one attached hydrogen (secondary N) is 1. The molecule has 0 aromatic heterocycles. The highest BCUT2D eigenvalue weighted by molar-refractivity contribution is 7.94. The standard InChI is InChI=1S/C12H14NO5PS/c1-17-19(14,18-2)13-20(15,16)12-8-7-10-5-3-4-6-11(10)9-12/h3-9H,1-2H3,(H,13,14). The van der Waals surface area contributed by atoms with Crippen LogP contribution in [0.5, 0.6) is 0 Å². The molecule has 0 saturated carbocycles. The topological polar surface area (TPSA) is 81.7 Å². The highest BCUT2D eigenvalue weighted by atomic mass is 32.2. The van der Waals surface area contributed by atoms with E-state index >= 15 is 0 Å². The Labute approximate surface area is 117 Å². The molecule has 2 aromatic rings. The maximum atomic E-state index is 12.2. The molecule has 20 heavy (non-hydrogen) atoms. The van der Waals surface area contributed by atoms with Gasteiger partial charge in [0.15, 0.2) is 0 Å². The second kappa shape index (κ2) is 5.63. The van der Waals surface area contributed by atoms with Gasteiger partial charge in [-0.1, -0.05) is 30.3 Å². The third kappa shape index (κ3) is 3.08. The van der Waals surface area contributed by atoms with Crippen LogP contribution in [0.1, 0.15) is 0 Å². The fourth-order valence-electron chi connectivity index (χ4n) is 1.68. The lowest BCUT2D eigenvalue weighted by atomic mass is 10.1. The molecule has 0 atom stereocenters. The van der Waals surface area contributed by atoms with E-state index in [1.807, 2.05) is 16.6 Å². The first-order valence-electron chi connectivity index (χ1n) is 5.64. The smallest absolute Gasteiger partial charge is 0.299 e. The van der Waals surface area contributed by atoms with Crippen LogP contribution in [0.2, 0.25) is 0 Å². The molecule has 2 aromatic carbocycles. The van der Waals surface area contributed by atoms with Crippen LogP contribution in [-0.2, 0) is 23.6 Å². The number of sulfonamides is 1. The van der Waals surface area contributed by atoms with Crippen LogP contribution in [0, 0.1) is 0 Å². The van der Waals surface area contributed by atoms with Crippen molar-refractivity contribution in [2.75, 3.05) is 14.2 Å². The normalized spacial score (nSPS) is 12.7. The summed E-state index contributed by atoms with van der Waals surface area (Å²) < 4.78 is 47.3. The Balaban J connectivity index is 2.44. The van der Waals surface area contributed by atoms with Crippen LogP contribution >= 0.6 is 7.75 Å². The van der Waals surface area contributed by atoms with Crippen molar-refractivity contribution in [3.8, 4) is 0 Å². The van der Waals surface area contributed by atoms with Crippen LogP contribution in [-0.4, -0.2) is 22.6 Å². The van der Waals surface area contributed by atoms with Crippen molar-refractivity contribution in [3.63, 3.8) is 0 Å². The largest absolute Gasteiger partial charge is 0.418 e. The van der Waals surface area contributed by atoms with Gasteiger partial charge >= 0.3 is 7.75 Å². The molecule has 0 amide bonds. The summed E-state index contributed by atoms with van der Waals surface area (Å²) >= 11 is 0. The maximum absolute atomic E-state index is 12.2. The second-order valence-electron chi connectivity index (χ2n) is 3.97. The van der Waals surface area contributed by atoms with Gasteiger partial charge in [-0.3, -0.25) is 9.05 Å². The van der Waals surface area contributed by atoms with Crippen LogP contribution in [0.4, 0.5) is 0 Å². The van der Waals surface area contributed by atoms with Crippen LogP contribution < -0.4 is 4.49 Å². The lowest BCUT2D eigenvalue weighted by molar-refractivity contribution is 0.272. The van der Waals surface area contributed by atoms with Gasteiger partial charge in [-0.05, 0) is 22.9 Å². The van der Waals surface area contributed by atoms with E-state index in [0.29, 0.717) is 0 Å². The maximum Gasteiger partial charge on any atom is 0.418 e. The Morgan fingerprint density at radius 1 is 1.00 bits per heavy atom. The zero-order valence-corrected chi connectivity index (χ0v) is 12.6. The summed E-state index contributed by atoms with van der Waals surface area (Å²) in [6.07, 6.45) is 0. The van der Waals surface area contributed by atoms with Gasteiger partial charge in [-0.15, -0.1) is 4.49 Å². The van der Waals surface area contributed by atoms with Gasteiger partial charge in [0.05, 0.1) is 4.90 Å². The van der Waals surface area contributed by atoms with Crippen molar-refractivity contribution in [2.45, 2.75) is 4.90 Å². The number of hydrogen-bond acceptors (Lipinski definition) is 5. The Hall–Kier alpha value is -1.24. The summed E-state index contributed by atoms with van der Waals surface area (Å²) in [5.74, 6) is 0. The molecule has 0 fully saturated rings. The van der Waals surface area contributed by atoms with Crippen LogP contribution in [0.25, 0.3) is 10.8 Å². The van der Waals surface area contributed by atoms with Gasteiger partial charge in [-0.25, -0.2) is 13.0 Å². The molecule has 0 spiro atoms. The zero-order valence-electron chi connectivity index (χ0n) is 10.9. The minimum Gasteiger partial charge on any atom is -0.299 e. The Bertz CT molecular complexity index is 766. The van der Waals surface area contributed by atoms with E-state index in [1.54, 1.807) is 18.2 Å². The molecule has 0 radical (unpaired) electrons. The number of hydrogen-bond donors (Lipinski definition) is 1. The average molecular weight is 315 g/mol. The minimum atomic E-state index is -4.00. The zero-order chi connectivity index (χ0) is 14.8. The summed E-state index contributed by atoms with van der Waals surface area (Å²) in [6.45, 7) is 0. The SMILES string of the molecule is COP(=O)(NS(=O)(=O)c1ccc2ccccc2c1)OC. The van der Waals surface area contributed by atoms with Gasteiger partial charge in [0.2, 0.25) is 10.0 Å². The van der Waals surface area contributed by atoms with E-state index in [9.17, 15) is 13.0 Å². The third-order valence-electron chi connectivity index (χ3n) is 2.74. The Kier molecular flexibility index (Phi) is 4.27. The van der Waals surface area contributed by atoms with Crippen molar-refractivity contribution in [3.05, 3.63) is 42.5 Å². The monoisotopic (exact) mass is 315 g/mol. The number of benzene rings is 2. The molecular weight excluding hydrogens is 301 g/mol. The molecule has 1 N–H and O–H groups in total. The van der Waals surface area contributed by atoms with Gasteiger partial charge < -0.3 is 0 Å².